The van der Waals surface area contributed by atoms with Crippen molar-refractivity contribution in [2.75, 3.05) is 26.2 Å². The zero-order chi connectivity index (χ0) is 20.2. The minimum Gasteiger partial charge on any atom is -0.337 e. The molecule has 0 radical (unpaired) electrons. The third kappa shape index (κ3) is 4.45. The molecule has 1 atom stereocenters. The molecule has 0 spiro atoms. The summed E-state index contributed by atoms with van der Waals surface area (Å²) in [6.45, 7) is 2.51. The van der Waals surface area contributed by atoms with Gasteiger partial charge in [-0.25, -0.2) is 0 Å². The van der Waals surface area contributed by atoms with Gasteiger partial charge in [-0.15, -0.1) is 0 Å². The van der Waals surface area contributed by atoms with Crippen LogP contribution in [0.2, 0.25) is 0 Å². The van der Waals surface area contributed by atoms with Gasteiger partial charge >= 0.3 is 0 Å². The quantitative estimate of drug-likeness (QED) is 0.769. The number of hydrogen-bond acceptors (Lipinski definition) is 4. The van der Waals surface area contributed by atoms with Crippen LogP contribution in [-0.2, 0) is 27.5 Å². The average molecular weight is 392 g/mol. The maximum Gasteiger partial charge on any atom is 0.242 e. The van der Waals surface area contributed by atoms with Gasteiger partial charge in [-0.2, -0.15) is 0 Å². The van der Waals surface area contributed by atoms with E-state index >= 15 is 0 Å². The zero-order valence-electron chi connectivity index (χ0n) is 16.2. The molecule has 2 aliphatic heterocycles. The molecule has 7 nitrogen and oxygen atoms in total. The van der Waals surface area contributed by atoms with Crippen LogP contribution < -0.4 is 0 Å². The van der Waals surface area contributed by atoms with Crippen molar-refractivity contribution < 1.29 is 14.4 Å². The minimum atomic E-state index is -0.382. The van der Waals surface area contributed by atoms with Crippen molar-refractivity contribution in [2.24, 2.45) is 5.92 Å². The SMILES string of the molecule is O=C1CN(C(=O)[C@H]2CC(=O)N(Cc3cccnc3)C2)CCN1Cc1ccccc1. The van der Waals surface area contributed by atoms with Gasteiger partial charge in [0.15, 0.2) is 0 Å². The lowest BCUT2D eigenvalue weighted by Gasteiger charge is -2.35. The zero-order valence-corrected chi connectivity index (χ0v) is 16.2. The normalized spacial score (nSPS) is 19.7. The number of hydrogen-bond donors (Lipinski definition) is 0. The largest absolute Gasteiger partial charge is 0.337 e. The van der Waals surface area contributed by atoms with E-state index in [2.05, 4.69) is 4.98 Å². The van der Waals surface area contributed by atoms with Crippen LogP contribution in [0.1, 0.15) is 17.5 Å². The van der Waals surface area contributed by atoms with Crippen LogP contribution in [-0.4, -0.2) is 63.6 Å². The number of carbonyl (C=O) groups excluding carboxylic acids is 3. The molecule has 0 saturated carbocycles. The fourth-order valence-corrected chi connectivity index (χ4v) is 3.93. The lowest BCUT2D eigenvalue weighted by molar-refractivity contribution is -0.147. The third-order valence-corrected chi connectivity index (χ3v) is 5.51. The van der Waals surface area contributed by atoms with E-state index in [-0.39, 0.29) is 36.6 Å². The second-order valence-electron chi connectivity index (χ2n) is 7.60. The van der Waals surface area contributed by atoms with E-state index in [1.165, 1.54) is 0 Å². The fourth-order valence-electron chi connectivity index (χ4n) is 3.93. The first-order chi connectivity index (χ1) is 14.1. The molecule has 1 aromatic carbocycles. The maximum absolute atomic E-state index is 12.9. The summed E-state index contributed by atoms with van der Waals surface area (Å²) < 4.78 is 0. The van der Waals surface area contributed by atoms with E-state index in [0.717, 1.165) is 11.1 Å². The molecule has 4 rings (SSSR count). The smallest absolute Gasteiger partial charge is 0.242 e. The highest BCUT2D eigenvalue weighted by atomic mass is 16.2. The second-order valence-corrected chi connectivity index (χ2v) is 7.60. The molecule has 2 aliphatic rings. The van der Waals surface area contributed by atoms with Gasteiger partial charge in [0.25, 0.3) is 0 Å². The number of carbonyl (C=O) groups is 3. The van der Waals surface area contributed by atoms with Crippen molar-refractivity contribution in [2.45, 2.75) is 19.5 Å². The summed E-state index contributed by atoms with van der Waals surface area (Å²) in [7, 11) is 0. The van der Waals surface area contributed by atoms with E-state index in [1.807, 2.05) is 42.5 Å². The van der Waals surface area contributed by atoms with Gasteiger partial charge in [-0.05, 0) is 17.2 Å². The van der Waals surface area contributed by atoms with Gasteiger partial charge in [0, 0.05) is 51.5 Å². The summed E-state index contributed by atoms with van der Waals surface area (Å²) >= 11 is 0. The van der Waals surface area contributed by atoms with Crippen molar-refractivity contribution in [1.82, 2.24) is 19.7 Å². The molecule has 0 aliphatic carbocycles. The molecule has 1 aromatic heterocycles. The molecule has 3 heterocycles. The highest BCUT2D eigenvalue weighted by Gasteiger charge is 2.38. The van der Waals surface area contributed by atoms with Gasteiger partial charge in [-0.3, -0.25) is 19.4 Å². The number of rotatable bonds is 5. The number of benzene rings is 1. The molecular formula is C22H24N4O3. The molecule has 2 saturated heterocycles. The summed E-state index contributed by atoms with van der Waals surface area (Å²) in [5.41, 5.74) is 2.02. The highest BCUT2D eigenvalue weighted by Crippen LogP contribution is 2.23. The molecule has 3 amide bonds. The molecule has 29 heavy (non-hydrogen) atoms. The van der Waals surface area contributed by atoms with E-state index in [4.69, 9.17) is 0 Å². The number of piperazine rings is 1. The summed E-state index contributed by atoms with van der Waals surface area (Å²) in [4.78, 5) is 47.0. The van der Waals surface area contributed by atoms with Gasteiger partial charge in [-0.1, -0.05) is 36.4 Å². The Morgan fingerprint density at radius 1 is 0.931 bits per heavy atom. The maximum atomic E-state index is 12.9. The molecule has 150 valence electrons. The number of amides is 3. The summed E-state index contributed by atoms with van der Waals surface area (Å²) in [5, 5.41) is 0. The van der Waals surface area contributed by atoms with Crippen molar-refractivity contribution in [3.8, 4) is 0 Å². The van der Waals surface area contributed by atoms with Crippen molar-refractivity contribution >= 4 is 17.7 Å². The van der Waals surface area contributed by atoms with Crippen LogP contribution in [0.4, 0.5) is 0 Å². The second kappa shape index (κ2) is 8.43. The van der Waals surface area contributed by atoms with Gasteiger partial charge in [0.1, 0.15) is 0 Å². The highest BCUT2D eigenvalue weighted by molar-refractivity contribution is 5.92. The van der Waals surface area contributed by atoms with Crippen LogP contribution in [0.25, 0.3) is 0 Å². The Hall–Kier alpha value is -3.22. The lowest BCUT2D eigenvalue weighted by Crippen LogP contribution is -2.53. The summed E-state index contributed by atoms with van der Waals surface area (Å²) in [5.74, 6) is -0.557. The Balaban J connectivity index is 1.32. The van der Waals surface area contributed by atoms with E-state index in [1.54, 1.807) is 27.1 Å². The molecule has 2 aromatic rings. The van der Waals surface area contributed by atoms with Crippen molar-refractivity contribution in [1.29, 1.82) is 0 Å². The topological polar surface area (TPSA) is 73.8 Å². The molecular weight excluding hydrogens is 368 g/mol. The number of pyridine rings is 1. The van der Waals surface area contributed by atoms with E-state index in [9.17, 15) is 14.4 Å². The lowest BCUT2D eigenvalue weighted by atomic mass is 10.1. The van der Waals surface area contributed by atoms with Crippen LogP contribution >= 0.6 is 0 Å². The van der Waals surface area contributed by atoms with E-state index < -0.39 is 0 Å². The standard InChI is InChI=1S/C22H24N4O3/c27-20-11-19(15-26(20)14-18-7-4-8-23-12-18)22(29)25-10-9-24(21(28)16-25)13-17-5-2-1-3-6-17/h1-8,12,19H,9-11,13-16H2/t19-/m0/s1. The minimum absolute atomic E-state index is 0.0266. The van der Waals surface area contributed by atoms with Crippen LogP contribution in [0, 0.1) is 5.92 Å². The van der Waals surface area contributed by atoms with Gasteiger partial charge in [0.2, 0.25) is 17.7 Å². The predicted molar refractivity (Wildman–Crippen MR) is 106 cm³/mol. The molecule has 0 unspecified atom stereocenters. The average Bonchev–Trinajstić information content (AvgIpc) is 3.11. The van der Waals surface area contributed by atoms with Gasteiger partial charge in [0.05, 0.1) is 12.5 Å². The Morgan fingerprint density at radius 2 is 1.69 bits per heavy atom. The monoisotopic (exact) mass is 392 g/mol. The number of likely N-dealkylation sites (tertiary alicyclic amines) is 1. The molecule has 2 fully saturated rings. The summed E-state index contributed by atoms with van der Waals surface area (Å²) in [6, 6.07) is 13.6. The summed E-state index contributed by atoms with van der Waals surface area (Å²) in [6.07, 6.45) is 3.63. The Bertz CT molecular complexity index is 887. The number of nitrogens with zero attached hydrogens (tertiary/aromatic N) is 4. The van der Waals surface area contributed by atoms with E-state index in [0.29, 0.717) is 32.7 Å². The molecule has 7 heteroatoms. The van der Waals surface area contributed by atoms with Crippen molar-refractivity contribution in [3.05, 3.63) is 66.0 Å². The van der Waals surface area contributed by atoms with Gasteiger partial charge < -0.3 is 14.7 Å². The van der Waals surface area contributed by atoms with Crippen LogP contribution in [0.5, 0.6) is 0 Å². The Morgan fingerprint density at radius 3 is 2.41 bits per heavy atom. The van der Waals surface area contributed by atoms with Crippen molar-refractivity contribution in [3.63, 3.8) is 0 Å². The number of aromatic nitrogens is 1. The Labute approximate surface area is 169 Å². The fraction of sp³-hybridized carbons (Fsp3) is 0.364. The third-order valence-electron chi connectivity index (χ3n) is 5.51. The molecule has 0 N–H and O–H groups in total. The van der Waals surface area contributed by atoms with Crippen LogP contribution in [0.3, 0.4) is 0 Å². The first-order valence-corrected chi connectivity index (χ1v) is 9.87. The van der Waals surface area contributed by atoms with Crippen LogP contribution in [0.15, 0.2) is 54.9 Å². The molecule has 0 bridgehead atoms. The Kier molecular flexibility index (Phi) is 5.55. The predicted octanol–water partition coefficient (Wildman–Crippen LogP) is 1.30. The first kappa shape index (κ1) is 19.1. The first-order valence-electron chi connectivity index (χ1n) is 9.87.